The minimum Gasteiger partial charge on any atom is -0.398 e. The third kappa shape index (κ3) is 4.34. The minimum atomic E-state index is -0.0623. The number of amides is 1. The van der Waals surface area contributed by atoms with Gasteiger partial charge < -0.3 is 21.4 Å². The van der Waals surface area contributed by atoms with E-state index in [9.17, 15) is 4.79 Å². The molecule has 0 fully saturated rings. The fourth-order valence-corrected chi connectivity index (χ4v) is 4.30. The molecular formula is C25H24BrN7O. The Morgan fingerprint density at radius 1 is 1.09 bits per heavy atom. The van der Waals surface area contributed by atoms with Gasteiger partial charge in [0.1, 0.15) is 5.82 Å². The summed E-state index contributed by atoms with van der Waals surface area (Å²) in [6, 6.07) is 17.4. The Morgan fingerprint density at radius 2 is 1.88 bits per heavy atom. The van der Waals surface area contributed by atoms with Gasteiger partial charge in [-0.25, -0.2) is 4.98 Å². The number of fused-ring (bicyclic) bond motifs is 2. The molecule has 0 saturated carbocycles. The molecule has 0 aliphatic carbocycles. The molecule has 5 aromatic rings. The Labute approximate surface area is 204 Å². The van der Waals surface area contributed by atoms with Crippen molar-refractivity contribution in [3.8, 4) is 11.3 Å². The van der Waals surface area contributed by atoms with Crippen LogP contribution >= 0.6 is 15.9 Å². The van der Waals surface area contributed by atoms with Gasteiger partial charge in [-0.3, -0.25) is 4.79 Å². The van der Waals surface area contributed by atoms with Crippen LogP contribution in [0.25, 0.3) is 27.8 Å². The number of nitrogen functional groups attached to an aromatic ring is 1. The molecule has 9 heteroatoms. The molecule has 3 heterocycles. The van der Waals surface area contributed by atoms with E-state index in [1.807, 2.05) is 54.6 Å². The van der Waals surface area contributed by atoms with Crippen molar-refractivity contribution >= 4 is 49.9 Å². The van der Waals surface area contributed by atoms with E-state index in [0.717, 1.165) is 51.8 Å². The summed E-state index contributed by atoms with van der Waals surface area (Å²) < 4.78 is 2.58. The predicted molar refractivity (Wildman–Crippen MR) is 139 cm³/mol. The minimum absolute atomic E-state index is 0.0623. The van der Waals surface area contributed by atoms with Crippen molar-refractivity contribution in [2.45, 2.75) is 12.8 Å². The monoisotopic (exact) mass is 517 g/mol. The second-order valence-electron chi connectivity index (χ2n) is 7.98. The van der Waals surface area contributed by atoms with Gasteiger partial charge in [0.25, 0.3) is 5.91 Å². The Balaban J connectivity index is 1.20. The van der Waals surface area contributed by atoms with Crippen LogP contribution < -0.4 is 16.4 Å². The maximum atomic E-state index is 12.5. The number of anilines is 2. The first-order valence-corrected chi connectivity index (χ1v) is 11.9. The zero-order chi connectivity index (χ0) is 23.5. The van der Waals surface area contributed by atoms with Gasteiger partial charge in [-0.2, -0.15) is 9.61 Å². The van der Waals surface area contributed by atoms with Crippen molar-refractivity contribution in [2.24, 2.45) is 0 Å². The van der Waals surface area contributed by atoms with Crippen LogP contribution in [0, 0.1) is 0 Å². The molecule has 0 aliphatic rings. The summed E-state index contributed by atoms with van der Waals surface area (Å²) in [5.74, 6) is 0.768. The number of benzene rings is 2. The van der Waals surface area contributed by atoms with Crippen molar-refractivity contribution in [2.75, 3.05) is 24.1 Å². The summed E-state index contributed by atoms with van der Waals surface area (Å²) in [6.45, 7) is 1.33. The molecule has 0 saturated heterocycles. The smallest absolute Gasteiger partial charge is 0.253 e. The summed E-state index contributed by atoms with van der Waals surface area (Å²) in [5, 5.41) is 11.8. The van der Waals surface area contributed by atoms with E-state index in [-0.39, 0.29) is 5.91 Å². The Bertz CT molecular complexity index is 1470. The predicted octanol–water partition coefficient (Wildman–Crippen LogP) is 4.84. The van der Waals surface area contributed by atoms with Crippen LogP contribution in [-0.4, -0.2) is 38.6 Å². The number of nitrogens with zero attached hydrogens (tertiary/aromatic N) is 3. The molecule has 1 amide bonds. The molecule has 0 bridgehead atoms. The van der Waals surface area contributed by atoms with E-state index in [4.69, 9.17) is 10.7 Å². The lowest BCUT2D eigenvalue weighted by Gasteiger charge is -2.12. The summed E-state index contributed by atoms with van der Waals surface area (Å²) >= 11 is 3.53. The van der Waals surface area contributed by atoms with Crippen LogP contribution in [0.3, 0.4) is 0 Å². The summed E-state index contributed by atoms with van der Waals surface area (Å²) in [7, 11) is 0. The number of aromatic amines is 1. The number of carbonyl (C=O) groups excluding carboxylic acids is 1. The van der Waals surface area contributed by atoms with Gasteiger partial charge in [0.2, 0.25) is 0 Å². The fourth-order valence-electron chi connectivity index (χ4n) is 3.95. The van der Waals surface area contributed by atoms with Gasteiger partial charge in [0, 0.05) is 47.5 Å². The maximum Gasteiger partial charge on any atom is 0.253 e. The maximum absolute atomic E-state index is 12.5. The van der Waals surface area contributed by atoms with Gasteiger partial charge in [-0.1, -0.05) is 36.4 Å². The summed E-state index contributed by atoms with van der Waals surface area (Å²) in [4.78, 5) is 20.4. The van der Waals surface area contributed by atoms with Gasteiger partial charge >= 0.3 is 0 Å². The van der Waals surface area contributed by atoms with Crippen LogP contribution in [0.5, 0.6) is 0 Å². The number of rotatable bonds is 8. The molecule has 0 unspecified atom stereocenters. The van der Waals surface area contributed by atoms with Gasteiger partial charge in [0.15, 0.2) is 5.65 Å². The first kappa shape index (κ1) is 22.0. The Morgan fingerprint density at radius 3 is 2.76 bits per heavy atom. The Kier molecular flexibility index (Phi) is 6.18. The topological polar surface area (TPSA) is 113 Å². The fraction of sp³-hybridized carbons (Fsp3) is 0.160. The SMILES string of the molecule is Nc1ccccc1-c1cc(NCCCCNC(=O)c2c[nH]c3ccccc23)n2ncc(Br)c2n1. The molecule has 172 valence electrons. The van der Waals surface area contributed by atoms with Crippen molar-refractivity contribution in [1.82, 2.24) is 24.9 Å². The number of nitrogens with one attached hydrogen (secondary N) is 3. The number of para-hydroxylation sites is 2. The molecule has 0 spiro atoms. The standard InChI is InChI=1S/C25H24BrN7O/c26-19-15-31-33-23(13-22(32-24(19)33)17-8-1-3-9-20(17)27)28-11-5-6-12-29-25(34)18-14-30-21-10-4-2-7-16(18)21/h1-4,7-10,13-15,28,30H,5-6,11-12,27H2,(H,29,34). The number of hydrogen-bond donors (Lipinski definition) is 4. The largest absolute Gasteiger partial charge is 0.398 e. The zero-order valence-electron chi connectivity index (χ0n) is 18.4. The molecule has 0 aliphatic heterocycles. The van der Waals surface area contributed by atoms with Crippen molar-refractivity contribution in [1.29, 1.82) is 0 Å². The van der Waals surface area contributed by atoms with E-state index < -0.39 is 0 Å². The van der Waals surface area contributed by atoms with Crippen molar-refractivity contribution < 1.29 is 4.79 Å². The van der Waals surface area contributed by atoms with E-state index in [0.29, 0.717) is 23.4 Å². The molecular weight excluding hydrogens is 494 g/mol. The van der Waals surface area contributed by atoms with Crippen LogP contribution in [0.2, 0.25) is 0 Å². The zero-order valence-corrected chi connectivity index (χ0v) is 20.0. The molecule has 0 atom stereocenters. The number of nitrogens with two attached hydrogens (primary N) is 1. The third-order valence-corrected chi connectivity index (χ3v) is 6.25. The normalized spacial score (nSPS) is 11.2. The lowest BCUT2D eigenvalue weighted by molar-refractivity contribution is 0.0955. The molecule has 2 aromatic carbocycles. The number of carbonyl (C=O) groups is 1. The van der Waals surface area contributed by atoms with Gasteiger partial charge in [-0.05, 0) is 40.9 Å². The van der Waals surface area contributed by atoms with Crippen molar-refractivity contribution in [3.63, 3.8) is 0 Å². The molecule has 8 nitrogen and oxygen atoms in total. The van der Waals surface area contributed by atoms with E-state index in [2.05, 4.69) is 36.6 Å². The van der Waals surface area contributed by atoms with Gasteiger partial charge in [-0.15, -0.1) is 0 Å². The molecule has 3 aromatic heterocycles. The Hall–Kier alpha value is -3.85. The van der Waals surface area contributed by atoms with Crippen LogP contribution in [0.1, 0.15) is 23.2 Å². The first-order chi connectivity index (χ1) is 16.6. The van der Waals surface area contributed by atoms with Crippen LogP contribution in [-0.2, 0) is 0 Å². The summed E-state index contributed by atoms with van der Waals surface area (Å²) in [6.07, 6.45) is 5.21. The quantitative estimate of drug-likeness (QED) is 0.173. The summed E-state index contributed by atoms with van der Waals surface area (Å²) in [5.41, 5.74) is 10.8. The van der Waals surface area contributed by atoms with Gasteiger partial charge in [0.05, 0.1) is 21.9 Å². The number of H-pyrrole nitrogens is 1. The van der Waals surface area contributed by atoms with Crippen LogP contribution in [0.15, 0.2) is 71.5 Å². The number of hydrogen-bond acceptors (Lipinski definition) is 5. The number of halogens is 1. The first-order valence-electron chi connectivity index (χ1n) is 11.1. The molecule has 5 N–H and O–H groups in total. The highest BCUT2D eigenvalue weighted by Gasteiger charge is 2.13. The molecule has 0 radical (unpaired) electrons. The van der Waals surface area contributed by atoms with Crippen LogP contribution in [0.4, 0.5) is 11.5 Å². The van der Waals surface area contributed by atoms with E-state index in [1.54, 1.807) is 16.9 Å². The lowest BCUT2D eigenvalue weighted by Crippen LogP contribution is -2.24. The second-order valence-corrected chi connectivity index (χ2v) is 8.83. The molecule has 5 rings (SSSR count). The third-order valence-electron chi connectivity index (χ3n) is 5.69. The molecule has 34 heavy (non-hydrogen) atoms. The number of unbranched alkanes of at least 4 members (excludes halogenated alkanes) is 1. The highest BCUT2D eigenvalue weighted by molar-refractivity contribution is 9.10. The number of aromatic nitrogens is 4. The van der Waals surface area contributed by atoms with E-state index >= 15 is 0 Å². The second kappa shape index (κ2) is 9.56. The highest BCUT2D eigenvalue weighted by atomic mass is 79.9. The van der Waals surface area contributed by atoms with E-state index in [1.165, 1.54) is 0 Å². The average Bonchev–Trinajstić information content (AvgIpc) is 3.45. The lowest BCUT2D eigenvalue weighted by atomic mass is 10.1. The average molecular weight is 518 g/mol. The highest BCUT2D eigenvalue weighted by Crippen LogP contribution is 2.29. The van der Waals surface area contributed by atoms with Crippen molar-refractivity contribution in [3.05, 3.63) is 77.0 Å².